The summed E-state index contributed by atoms with van der Waals surface area (Å²) in [4.78, 5) is 10.8. The van der Waals surface area contributed by atoms with Crippen molar-refractivity contribution in [3.8, 4) is 0 Å². The van der Waals surface area contributed by atoms with Crippen LogP contribution < -0.4 is 5.73 Å². The van der Waals surface area contributed by atoms with Gasteiger partial charge < -0.3 is 10.8 Å². The highest BCUT2D eigenvalue weighted by Gasteiger charge is 2.37. The molecule has 0 spiro atoms. The molecule has 1 fully saturated rings. The summed E-state index contributed by atoms with van der Waals surface area (Å²) in [5.41, 5.74) is 4.65. The van der Waals surface area contributed by atoms with E-state index >= 15 is 0 Å². The lowest BCUT2D eigenvalue weighted by Gasteiger charge is -2.37. The van der Waals surface area contributed by atoms with Crippen LogP contribution in [0.3, 0.4) is 0 Å². The lowest BCUT2D eigenvalue weighted by atomic mass is 9.69. The molecule has 0 heterocycles. The van der Waals surface area contributed by atoms with Crippen molar-refractivity contribution in [2.75, 3.05) is 6.54 Å². The van der Waals surface area contributed by atoms with Crippen molar-refractivity contribution in [1.29, 1.82) is 0 Å². The molecule has 3 nitrogen and oxygen atoms in total. The van der Waals surface area contributed by atoms with Gasteiger partial charge in [-0.3, -0.25) is 0 Å². The molecule has 1 saturated carbocycles. The molecule has 5 heteroatoms. The Morgan fingerprint density at radius 2 is 1.74 bits per heavy atom. The maximum atomic E-state index is 14.1. The molecule has 0 bridgehead atoms. The molecular weight excluding hydrogens is 252 g/mol. The summed E-state index contributed by atoms with van der Waals surface area (Å²) < 4.78 is 28.3. The number of hydrogen-bond acceptors (Lipinski definition) is 2. The number of nitrogens with two attached hydrogens (primary N) is 1. The Morgan fingerprint density at radius 3 is 2.16 bits per heavy atom. The number of rotatable bonds is 3. The monoisotopic (exact) mass is 269 g/mol. The number of carboxylic acids is 1. The average Bonchev–Trinajstić information content (AvgIpc) is 2.38. The molecule has 2 rings (SSSR count). The summed E-state index contributed by atoms with van der Waals surface area (Å²) >= 11 is 0. The van der Waals surface area contributed by atoms with Gasteiger partial charge in [0.15, 0.2) is 0 Å². The summed E-state index contributed by atoms with van der Waals surface area (Å²) in [5, 5.41) is 8.80. The van der Waals surface area contributed by atoms with Crippen LogP contribution in [0.5, 0.6) is 0 Å². The van der Waals surface area contributed by atoms with Crippen molar-refractivity contribution in [1.82, 2.24) is 0 Å². The predicted molar refractivity (Wildman–Crippen MR) is 67.1 cm³/mol. The number of hydrogen-bond donors (Lipinski definition) is 2. The molecule has 0 aliphatic heterocycles. The Morgan fingerprint density at radius 1 is 1.21 bits per heavy atom. The SMILES string of the molecule is NCC1(c2c(F)cc(C(=O)O)cc2F)CCCCC1. The highest BCUT2D eigenvalue weighted by Crippen LogP contribution is 2.41. The molecule has 0 unspecified atom stereocenters. The molecule has 0 aromatic heterocycles. The van der Waals surface area contributed by atoms with E-state index in [0.29, 0.717) is 12.8 Å². The van der Waals surface area contributed by atoms with E-state index in [0.717, 1.165) is 31.4 Å². The molecule has 0 saturated heterocycles. The Labute approximate surface area is 110 Å². The molecule has 1 aromatic carbocycles. The normalized spacial score (nSPS) is 18.3. The molecule has 104 valence electrons. The van der Waals surface area contributed by atoms with E-state index in [2.05, 4.69) is 0 Å². The molecule has 1 aliphatic carbocycles. The van der Waals surface area contributed by atoms with Crippen LogP contribution in [0.15, 0.2) is 12.1 Å². The first kappa shape index (κ1) is 13.9. The topological polar surface area (TPSA) is 63.3 Å². The molecule has 1 aliphatic rings. The number of benzene rings is 1. The van der Waals surface area contributed by atoms with Crippen molar-refractivity contribution >= 4 is 5.97 Å². The molecular formula is C14H17F2NO2. The van der Waals surface area contributed by atoms with E-state index in [1.807, 2.05) is 0 Å². The lowest BCUT2D eigenvalue weighted by molar-refractivity contribution is 0.0695. The second-order valence-electron chi connectivity index (χ2n) is 5.17. The third kappa shape index (κ3) is 2.47. The quantitative estimate of drug-likeness (QED) is 0.886. The van der Waals surface area contributed by atoms with Gasteiger partial charge >= 0.3 is 5.97 Å². The summed E-state index contributed by atoms with van der Waals surface area (Å²) in [6.45, 7) is 0.174. The highest BCUT2D eigenvalue weighted by molar-refractivity contribution is 5.87. The van der Waals surface area contributed by atoms with Gasteiger partial charge in [0.05, 0.1) is 5.56 Å². The zero-order valence-electron chi connectivity index (χ0n) is 10.6. The first-order valence-electron chi connectivity index (χ1n) is 6.43. The first-order chi connectivity index (χ1) is 9.00. The maximum Gasteiger partial charge on any atom is 0.335 e. The molecule has 0 amide bonds. The van der Waals surface area contributed by atoms with Gasteiger partial charge in [-0.05, 0) is 25.0 Å². The average molecular weight is 269 g/mol. The van der Waals surface area contributed by atoms with Gasteiger partial charge in [-0.1, -0.05) is 19.3 Å². The van der Waals surface area contributed by atoms with Crippen LogP contribution >= 0.6 is 0 Å². The Balaban J connectivity index is 2.51. The fourth-order valence-electron chi connectivity index (χ4n) is 2.99. The number of aromatic carboxylic acids is 1. The fraction of sp³-hybridized carbons (Fsp3) is 0.500. The second kappa shape index (κ2) is 5.25. The second-order valence-corrected chi connectivity index (χ2v) is 5.17. The van der Waals surface area contributed by atoms with Gasteiger partial charge in [0.25, 0.3) is 0 Å². The van der Waals surface area contributed by atoms with Gasteiger partial charge in [-0.15, -0.1) is 0 Å². The molecule has 19 heavy (non-hydrogen) atoms. The summed E-state index contributed by atoms with van der Waals surface area (Å²) in [6.07, 6.45) is 4.10. The minimum Gasteiger partial charge on any atom is -0.478 e. The van der Waals surface area contributed by atoms with E-state index in [1.54, 1.807) is 0 Å². The van der Waals surface area contributed by atoms with Crippen LogP contribution in [0, 0.1) is 11.6 Å². The number of carbonyl (C=O) groups is 1. The maximum absolute atomic E-state index is 14.1. The summed E-state index contributed by atoms with van der Waals surface area (Å²) in [6, 6.07) is 1.76. The van der Waals surface area contributed by atoms with Crippen molar-refractivity contribution in [3.63, 3.8) is 0 Å². The van der Waals surface area contributed by atoms with E-state index < -0.39 is 23.0 Å². The third-order valence-corrected chi connectivity index (χ3v) is 4.02. The molecule has 0 atom stereocenters. The van der Waals surface area contributed by atoms with Crippen LogP contribution in [0.4, 0.5) is 8.78 Å². The van der Waals surface area contributed by atoms with Crippen molar-refractivity contribution in [2.45, 2.75) is 37.5 Å². The van der Waals surface area contributed by atoms with Gasteiger partial charge in [0.2, 0.25) is 0 Å². The van der Waals surface area contributed by atoms with Gasteiger partial charge in [0, 0.05) is 17.5 Å². The Bertz CT molecular complexity index is 473. The summed E-state index contributed by atoms with van der Waals surface area (Å²) in [7, 11) is 0. The first-order valence-corrected chi connectivity index (χ1v) is 6.43. The lowest BCUT2D eigenvalue weighted by Crippen LogP contribution is -2.39. The number of carboxylic acid groups (broad SMARTS) is 1. The molecule has 1 aromatic rings. The third-order valence-electron chi connectivity index (χ3n) is 4.02. The fourth-order valence-corrected chi connectivity index (χ4v) is 2.99. The Kier molecular flexibility index (Phi) is 3.85. The van der Waals surface area contributed by atoms with E-state index in [-0.39, 0.29) is 17.7 Å². The summed E-state index contributed by atoms with van der Waals surface area (Å²) in [5.74, 6) is -2.94. The van der Waals surface area contributed by atoms with Crippen LogP contribution in [0.1, 0.15) is 48.0 Å². The van der Waals surface area contributed by atoms with E-state index in [1.165, 1.54) is 0 Å². The smallest absolute Gasteiger partial charge is 0.335 e. The van der Waals surface area contributed by atoms with Gasteiger partial charge in [-0.25, -0.2) is 13.6 Å². The van der Waals surface area contributed by atoms with E-state index in [4.69, 9.17) is 10.8 Å². The minimum atomic E-state index is -1.34. The Hall–Kier alpha value is -1.49. The van der Waals surface area contributed by atoms with E-state index in [9.17, 15) is 13.6 Å². The predicted octanol–water partition coefficient (Wildman–Crippen LogP) is 2.82. The van der Waals surface area contributed by atoms with Crippen LogP contribution in [0.25, 0.3) is 0 Å². The largest absolute Gasteiger partial charge is 0.478 e. The minimum absolute atomic E-state index is 0.0419. The standard InChI is InChI=1S/C14H17F2NO2/c15-10-6-9(13(18)19)7-11(16)12(10)14(8-17)4-2-1-3-5-14/h6-7H,1-5,8,17H2,(H,18,19). The van der Waals surface area contributed by atoms with Crippen LogP contribution in [-0.4, -0.2) is 17.6 Å². The van der Waals surface area contributed by atoms with Crippen molar-refractivity contribution in [3.05, 3.63) is 34.9 Å². The highest BCUT2D eigenvalue weighted by atomic mass is 19.1. The molecule has 3 N–H and O–H groups in total. The number of halogens is 2. The van der Waals surface area contributed by atoms with Crippen LogP contribution in [0.2, 0.25) is 0 Å². The van der Waals surface area contributed by atoms with Crippen molar-refractivity contribution < 1.29 is 18.7 Å². The zero-order chi connectivity index (χ0) is 14.0. The van der Waals surface area contributed by atoms with Crippen LogP contribution in [-0.2, 0) is 5.41 Å². The van der Waals surface area contributed by atoms with Crippen molar-refractivity contribution in [2.24, 2.45) is 5.73 Å². The molecule has 0 radical (unpaired) electrons. The van der Waals surface area contributed by atoms with Gasteiger partial charge in [-0.2, -0.15) is 0 Å². The zero-order valence-corrected chi connectivity index (χ0v) is 10.6. The van der Waals surface area contributed by atoms with Gasteiger partial charge in [0.1, 0.15) is 11.6 Å².